The smallest absolute Gasteiger partial charge is 0.254 e. The van der Waals surface area contributed by atoms with E-state index in [4.69, 9.17) is 15.2 Å². The van der Waals surface area contributed by atoms with Crippen LogP contribution >= 0.6 is 0 Å². The number of ether oxygens (including phenoxy) is 2. The summed E-state index contributed by atoms with van der Waals surface area (Å²) in [6.07, 6.45) is 1.69. The van der Waals surface area contributed by atoms with Crippen molar-refractivity contribution >= 4 is 11.7 Å². The van der Waals surface area contributed by atoms with Crippen molar-refractivity contribution < 1.29 is 19.4 Å². The van der Waals surface area contributed by atoms with Gasteiger partial charge in [0, 0.05) is 55.5 Å². The number of aliphatic hydroxyl groups excluding tert-OH is 1. The molecule has 1 aromatic carbocycles. The summed E-state index contributed by atoms with van der Waals surface area (Å²) in [5.41, 5.74) is 7.26. The summed E-state index contributed by atoms with van der Waals surface area (Å²) in [7, 11) is 0. The average Bonchev–Trinajstić information content (AvgIpc) is 3.41. The van der Waals surface area contributed by atoms with Crippen LogP contribution in [0.15, 0.2) is 36.5 Å². The summed E-state index contributed by atoms with van der Waals surface area (Å²) < 4.78 is 10.7. The van der Waals surface area contributed by atoms with Crippen LogP contribution in [0.1, 0.15) is 15.9 Å². The highest BCUT2D eigenvalue weighted by Crippen LogP contribution is 2.43. The molecule has 5 rings (SSSR count). The Hall–Kier alpha value is -2.84. The first-order valence-electron chi connectivity index (χ1n) is 9.79. The molecule has 1 amide bonds. The molecule has 3 aliphatic heterocycles. The fourth-order valence-corrected chi connectivity index (χ4v) is 4.83. The first-order valence-corrected chi connectivity index (χ1v) is 9.79. The van der Waals surface area contributed by atoms with Crippen molar-refractivity contribution in [1.29, 1.82) is 0 Å². The summed E-state index contributed by atoms with van der Waals surface area (Å²) in [4.78, 5) is 21.4. The number of pyridine rings is 1. The van der Waals surface area contributed by atoms with E-state index in [0.29, 0.717) is 42.5 Å². The van der Waals surface area contributed by atoms with Gasteiger partial charge in [-0.15, -0.1) is 0 Å². The van der Waals surface area contributed by atoms with E-state index in [1.165, 1.54) is 0 Å². The van der Waals surface area contributed by atoms with Gasteiger partial charge in [0.2, 0.25) is 6.79 Å². The molecule has 0 saturated carbocycles. The Bertz CT molecular complexity index is 952. The molecule has 2 aromatic rings. The highest BCUT2D eigenvalue weighted by atomic mass is 16.7. The zero-order chi connectivity index (χ0) is 20.0. The number of nitrogens with zero attached hydrogens (tertiary/aromatic N) is 3. The third-order valence-electron chi connectivity index (χ3n) is 6.37. The number of nitrogen functional groups attached to an aromatic ring is 1. The molecular weight excluding hydrogens is 372 g/mol. The maximum Gasteiger partial charge on any atom is 0.254 e. The largest absolute Gasteiger partial charge is 0.454 e. The van der Waals surface area contributed by atoms with Gasteiger partial charge in [0.25, 0.3) is 5.91 Å². The lowest BCUT2D eigenvalue weighted by Crippen LogP contribution is -2.38. The summed E-state index contributed by atoms with van der Waals surface area (Å²) in [5.74, 6) is 2.00. The first kappa shape index (κ1) is 18.2. The molecule has 0 radical (unpaired) electrons. The molecule has 8 nitrogen and oxygen atoms in total. The molecule has 2 fully saturated rings. The number of aromatic nitrogens is 1. The number of aliphatic hydroxyl groups is 1. The number of carbonyl (C=O) groups excluding carboxylic acids is 1. The normalized spacial score (nSPS) is 25.4. The van der Waals surface area contributed by atoms with Gasteiger partial charge in [-0.2, -0.15) is 0 Å². The molecule has 0 spiro atoms. The van der Waals surface area contributed by atoms with E-state index >= 15 is 0 Å². The predicted octanol–water partition coefficient (Wildman–Crippen LogP) is 0.959. The van der Waals surface area contributed by atoms with E-state index in [1.807, 2.05) is 17.0 Å². The van der Waals surface area contributed by atoms with E-state index in [1.54, 1.807) is 24.4 Å². The Balaban J connectivity index is 1.29. The van der Waals surface area contributed by atoms with Crippen molar-refractivity contribution in [3.8, 4) is 11.5 Å². The highest BCUT2D eigenvalue weighted by molar-refractivity contribution is 5.95. The van der Waals surface area contributed by atoms with Crippen molar-refractivity contribution in [2.45, 2.75) is 6.54 Å². The topological polar surface area (TPSA) is 101 Å². The van der Waals surface area contributed by atoms with Crippen molar-refractivity contribution in [3.05, 3.63) is 47.7 Å². The Labute approximate surface area is 168 Å². The third-order valence-corrected chi connectivity index (χ3v) is 6.37. The second-order valence-corrected chi connectivity index (χ2v) is 8.19. The number of anilines is 1. The molecule has 3 aliphatic rings. The van der Waals surface area contributed by atoms with Crippen molar-refractivity contribution in [3.63, 3.8) is 0 Å². The summed E-state index contributed by atoms with van der Waals surface area (Å²) in [6.45, 7) is 3.67. The van der Waals surface area contributed by atoms with E-state index in [0.717, 1.165) is 18.7 Å². The maximum atomic E-state index is 13.1. The predicted molar refractivity (Wildman–Crippen MR) is 105 cm³/mol. The number of fused-ring (bicyclic) bond motifs is 2. The standard InChI is InChI=1S/C21H24N4O4/c22-19-15(2-1-5-23-19)7-24-8-16-9-25(11-21(16,10-24)12-26)20(27)14-3-4-17-18(6-14)29-13-28-17/h1-6,16,26H,7-13H2,(H2,22,23). The number of benzene rings is 1. The van der Waals surface area contributed by atoms with Crippen LogP contribution in [0.4, 0.5) is 5.82 Å². The summed E-state index contributed by atoms with van der Waals surface area (Å²) in [6, 6.07) is 9.15. The van der Waals surface area contributed by atoms with Crippen LogP contribution in [0.2, 0.25) is 0 Å². The lowest BCUT2D eigenvalue weighted by molar-refractivity contribution is 0.0718. The van der Waals surface area contributed by atoms with Gasteiger partial charge in [0.1, 0.15) is 5.82 Å². The Kier molecular flexibility index (Phi) is 4.33. The molecule has 4 heterocycles. The lowest BCUT2D eigenvalue weighted by atomic mass is 9.82. The van der Waals surface area contributed by atoms with Gasteiger partial charge >= 0.3 is 0 Å². The van der Waals surface area contributed by atoms with Gasteiger partial charge in [-0.1, -0.05) is 6.07 Å². The molecule has 0 bridgehead atoms. The zero-order valence-corrected chi connectivity index (χ0v) is 16.1. The minimum atomic E-state index is -0.303. The van der Waals surface area contributed by atoms with Gasteiger partial charge in [-0.3, -0.25) is 9.69 Å². The van der Waals surface area contributed by atoms with Gasteiger partial charge in [0.05, 0.1) is 6.61 Å². The zero-order valence-electron chi connectivity index (χ0n) is 16.1. The van der Waals surface area contributed by atoms with Crippen LogP contribution in [-0.4, -0.2) is 65.4 Å². The molecule has 8 heteroatoms. The number of carbonyl (C=O) groups is 1. The average molecular weight is 396 g/mol. The van der Waals surface area contributed by atoms with Gasteiger partial charge < -0.3 is 25.2 Å². The molecular formula is C21H24N4O4. The first-order chi connectivity index (χ1) is 14.1. The van der Waals surface area contributed by atoms with Crippen LogP contribution in [-0.2, 0) is 6.54 Å². The monoisotopic (exact) mass is 396 g/mol. The highest BCUT2D eigenvalue weighted by Gasteiger charge is 2.53. The number of nitrogens with two attached hydrogens (primary N) is 1. The van der Waals surface area contributed by atoms with Crippen LogP contribution in [0.25, 0.3) is 0 Å². The molecule has 1 aromatic heterocycles. The molecule has 29 heavy (non-hydrogen) atoms. The van der Waals surface area contributed by atoms with E-state index in [-0.39, 0.29) is 30.6 Å². The second kappa shape index (κ2) is 6.89. The second-order valence-electron chi connectivity index (χ2n) is 8.19. The third kappa shape index (κ3) is 3.08. The lowest BCUT2D eigenvalue weighted by Gasteiger charge is -2.27. The molecule has 3 N–H and O–H groups in total. The summed E-state index contributed by atoms with van der Waals surface area (Å²) in [5, 5.41) is 10.2. The molecule has 0 aliphatic carbocycles. The number of hydrogen-bond acceptors (Lipinski definition) is 7. The number of likely N-dealkylation sites (tertiary alicyclic amines) is 2. The number of rotatable bonds is 4. The number of hydrogen-bond donors (Lipinski definition) is 2. The fraction of sp³-hybridized carbons (Fsp3) is 0.429. The summed E-state index contributed by atoms with van der Waals surface area (Å²) >= 11 is 0. The van der Waals surface area contributed by atoms with E-state index in [2.05, 4.69) is 9.88 Å². The molecule has 2 unspecified atom stereocenters. The van der Waals surface area contributed by atoms with Crippen molar-refractivity contribution in [2.24, 2.45) is 11.3 Å². The Morgan fingerprint density at radius 3 is 2.90 bits per heavy atom. The molecule has 152 valence electrons. The van der Waals surface area contributed by atoms with E-state index < -0.39 is 0 Å². The Morgan fingerprint density at radius 2 is 2.10 bits per heavy atom. The van der Waals surface area contributed by atoms with Gasteiger partial charge in [-0.05, 0) is 30.2 Å². The van der Waals surface area contributed by atoms with E-state index in [9.17, 15) is 9.90 Å². The quantitative estimate of drug-likeness (QED) is 0.794. The molecule has 2 saturated heterocycles. The van der Waals surface area contributed by atoms with Crippen molar-refractivity contribution in [1.82, 2.24) is 14.8 Å². The van der Waals surface area contributed by atoms with Crippen molar-refractivity contribution in [2.75, 3.05) is 45.3 Å². The van der Waals surface area contributed by atoms with Crippen LogP contribution in [0.3, 0.4) is 0 Å². The van der Waals surface area contributed by atoms with Crippen LogP contribution in [0.5, 0.6) is 11.5 Å². The fourth-order valence-electron chi connectivity index (χ4n) is 4.83. The van der Waals surface area contributed by atoms with Crippen LogP contribution in [0, 0.1) is 11.3 Å². The minimum Gasteiger partial charge on any atom is -0.454 e. The van der Waals surface area contributed by atoms with Crippen LogP contribution < -0.4 is 15.2 Å². The Morgan fingerprint density at radius 1 is 1.24 bits per heavy atom. The van der Waals surface area contributed by atoms with Gasteiger partial charge in [0.15, 0.2) is 11.5 Å². The maximum absolute atomic E-state index is 13.1. The van der Waals surface area contributed by atoms with Gasteiger partial charge in [-0.25, -0.2) is 4.98 Å². The number of amides is 1. The SMILES string of the molecule is Nc1ncccc1CN1CC2CN(C(=O)c3ccc4c(c3)OCO4)CC2(CO)C1. The molecule has 2 atom stereocenters. The minimum absolute atomic E-state index is 0.0337.